The van der Waals surface area contributed by atoms with E-state index in [1.807, 2.05) is 0 Å². The number of hydrogen-bond donors (Lipinski definition) is 0. The topological polar surface area (TPSA) is 57.9 Å². The molecule has 1 heterocycles. The summed E-state index contributed by atoms with van der Waals surface area (Å²) in [6.45, 7) is 7.74. The van der Waals surface area contributed by atoms with Crippen LogP contribution in [0.25, 0.3) is 11.0 Å². The van der Waals surface area contributed by atoms with Crippen LogP contribution in [0.5, 0.6) is 17.2 Å². The minimum Gasteiger partial charge on any atom is -0.492 e. The Bertz CT molecular complexity index is 787. The van der Waals surface area contributed by atoms with Gasteiger partial charge >= 0.3 is 0 Å². The molecule has 0 saturated heterocycles. The van der Waals surface area contributed by atoms with Crippen LogP contribution >= 0.6 is 0 Å². The lowest BCUT2D eigenvalue weighted by molar-refractivity contribution is 0.323. The second-order valence-corrected chi connectivity index (χ2v) is 5.99. The van der Waals surface area contributed by atoms with Gasteiger partial charge in [0.25, 0.3) is 0 Å². The zero-order valence-corrected chi connectivity index (χ0v) is 14.8. The van der Waals surface area contributed by atoms with Crippen molar-refractivity contribution in [3.63, 3.8) is 0 Å². The van der Waals surface area contributed by atoms with Crippen LogP contribution in [0.1, 0.15) is 30.7 Å². The number of aryl methyl sites for hydroxylation is 1. The first kappa shape index (κ1) is 17.2. The van der Waals surface area contributed by atoms with Crippen molar-refractivity contribution < 1.29 is 18.6 Å². The second kappa shape index (κ2) is 6.52. The van der Waals surface area contributed by atoms with Crippen molar-refractivity contribution in [3.8, 4) is 17.2 Å². The molecule has 126 valence electrons. The van der Waals surface area contributed by atoms with Crippen molar-refractivity contribution in [2.75, 3.05) is 21.3 Å². The van der Waals surface area contributed by atoms with E-state index in [-0.39, 0.29) is 5.43 Å². The molecule has 0 N–H and O–H groups in total. The van der Waals surface area contributed by atoms with Crippen molar-refractivity contribution in [3.05, 3.63) is 27.1 Å². The zero-order valence-electron chi connectivity index (χ0n) is 14.8. The van der Waals surface area contributed by atoms with Crippen LogP contribution in [0.2, 0.25) is 0 Å². The van der Waals surface area contributed by atoms with Crippen molar-refractivity contribution in [1.82, 2.24) is 0 Å². The van der Waals surface area contributed by atoms with Gasteiger partial charge in [0.2, 0.25) is 5.75 Å². The zero-order chi connectivity index (χ0) is 17.3. The lowest BCUT2D eigenvalue weighted by Gasteiger charge is -2.20. The fourth-order valence-electron chi connectivity index (χ4n) is 2.80. The normalized spacial score (nSPS) is 11.1. The molecule has 23 heavy (non-hydrogen) atoms. The first-order chi connectivity index (χ1) is 10.9. The fourth-order valence-corrected chi connectivity index (χ4v) is 2.80. The Morgan fingerprint density at radius 3 is 2.00 bits per heavy atom. The minimum atomic E-state index is -0.105. The highest BCUT2D eigenvalue weighted by atomic mass is 16.5. The van der Waals surface area contributed by atoms with Gasteiger partial charge in [-0.3, -0.25) is 4.79 Å². The van der Waals surface area contributed by atoms with Gasteiger partial charge in [-0.05, 0) is 26.2 Å². The highest BCUT2D eigenvalue weighted by Crippen LogP contribution is 2.46. The predicted octanol–water partition coefficient (Wildman–Crippen LogP) is 3.63. The van der Waals surface area contributed by atoms with E-state index in [0.717, 1.165) is 5.56 Å². The van der Waals surface area contributed by atoms with E-state index >= 15 is 0 Å². The van der Waals surface area contributed by atoms with Gasteiger partial charge in [-0.15, -0.1) is 0 Å². The second-order valence-electron chi connectivity index (χ2n) is 5.99. The third-order valence-electron chi connectivity index (χ3n) is 3.99. The fraction of sp³-hybridized carbons (Fsp3) is 0.500. The molecule has 0 radical (unpaired) electrons. The Kier molecular flexibility index (Phi) is 4.88. The summed E-state index contributed by atoms with van der Waals surface area (Å²) in [4.78, 5) is 12.8. The van der Waals surface area contributed by atoms with E-state index in [1.54, 1.807) is 21.0 Å². The van der Waals surface area contributed by atoms with Crippen LogP contribution in [0.4, 0.5) is 0 Å². The molecule has 1 aromatic heterocycles. The van der Waals surface area contributed by atoms with Crippen LogP contribution < -0.4 is 19.6 Å². The largest absolute Gasteiger partial charge is 0.492 e. The summed E-state index contributed by atoms with van der Waals surface area (Å²) in [6, 6.07) is 0. The summed E-state index contributed by atoms with van der Waals surface area (Å²) in [7, 11) is 4.62. The van der Waals surface area contributed by atoms with Crippen LogP contribution in [0.3, 0.4) is 0 Å². The average molecular weight is 320 g/mol. The maximum Gasteiger partial charge on any atom is 0.204 e. The number of rotatable bonds is 5. The van der Waals surface area contributed by atoms with Gasteiger partial charge < -0.3 is 18.6 Å². The maximum absolute atomic E-state index is 12.8. The van der Waals surface area contributed by atoms with E-state index in [0.29, 0.717) is 51.9 Å². The molecule has 2 rings (SSSR count). The summed E-state index contributed by atoms with van der Waals surface area (Å²) >= 11 is 0. The number of ether oxygens (including phenoxy) is 3. The molecular formula is C18H24O5. The molecule has 0 spiro atoms. The lowest BCUT2D eigenvalue weighted by Crippen LogP contribution is -2.12. The molecule has 0 aliphatic carbocycles. The SMILES string of the molecule is COc1c(OC)c(OC)c2c(=O)c(C)c(C)oc2c1CC(C)C. The van der Waals surface area contributed by atoms with Crippen LogP contribution in [0.15, 0.2) is 9.21 Å². The molecule has 0 atom stereocenters. The van der Waals surface area contributed by atoms with Crippen LogP contribution in [0, 0.1) is 19.8 Å². The van der Waals surface area contributed by atoms with E-state index < -0.39 is 0 Å². The molecule has 5 heteroatoms. The minimum absolute atomic E-state index is 0.105. The Morgan fingerprint density at radius 1 is 0.957 bits per heavy atom. The van der Waals surface area contributed by atoms with E-state index in [4.69, 9.17) is 18.6 Å². The standard InChI is InChI=1S/C18H24O5/c1-9(2)8-12-15-13(14(19)10(3)11(4)23-15)17(21-6)18(22-7)16(12)20-5/h9H,8H2,1-7H3. The molecular weight excluding hydrogens is 296 g/mol. The molecule has 0 unspecified atom stereocenters. The van der Waals surface area contributed by atoms with E-state index in [2.05, 4.69) is 13.8 Å². The van der Waals surface area contributed by atoms with Crippen LogP contribution in [-0.4, -0.2) is 21.3 Å². The Hall–Kier alpha value is -2.17. The summed E-state index contributed by atoms with van der Waals surface area (Å²) in [5, 5.41) is 0.406. The molecule has 0 bridgehead atoms. The van der Waals surface area contributed by atoms with Gasteiger partial charge in [0.1, 0.15) is 16.7 Å². The van der Waals surface area contributed by atoms with Gasteiger partial charge in [-0.25, -0.2) is 0 Å². The number of fused-ring (bicyclic) bond motifs is 1. The maximum atomic E-state index is 12.8. The summed E-state index contributed by atoms with van der Waals surface area (Å²) in [5.74, 6) is 2.29. The van der Waals surface area contributed by atoms with Crippen molar-refractivity contribution in [1.29, 1.82) is 0 Å². The molecule has 1 aromatic carbocycles. The first-order valence-corrected chi connectivity index (χ1v) is 7.62. The van der Waals surface area contributed by atoms with E-state index in [1.165, 1.54) is 14.2 Å². The molecule has 0 saturated carbocycles. The third kappa shape index (κ3) is 2.76. The molecule has 0 fully saturated rings. The van der Waals surface area contributed by atoms with Gasteiger partial charge in [-0.2, -0.15) is 0 Å². The number of methoxy groups -OCH3 is 3. The molecule has 2 aromatic rings. The van der Waals surface area contributed by atoms with Gasteiger partial charge in [-0.1, -0.05) is 13.8 Å². The highest BCUT2D eigenvalue weighted by Gasteiger charge is 2.27. The van der Waals surface area contributed by atoms with Crippen molar-refractivity contribution >= 4 is 11.0 Å². The molecule has 5 nitrogen and oxygen atoms in total. The first-order valence-electron chi connectivity index (χ1n) is 7.62. The van der Waals surface area contributed by atoms with Gasteiger partial charge in [0, 0.05) is 11.1 Å². The van der Waals surface area contributed by atoms with Gasteiger partial charge in [0.15, 0.2) is 16.9 Å². The summed E-state index contributed by atoms with van der Waals surface area (Å²) < 4.78 is 22.5. The Balaban J connectivity index is 3.09. The third-order valence-corrected chi connectivity index (χ3v) is 3.99. The summed E-state index contributed by atoms with van der Waals surface area (Å²) in [6.07, 6.45) is 0.700. The number of benzene rings is 1. The smallest absolute Gasteiger partial charge is 0.204 e. The molecule has 0 amide bonds. The average Bonchev–Trinajstić information content (AvgIpc) is 2.51. The van der Waals surface area contributed by atoms with Crippen molar-refractivity contribution in [2.45, 2.75) is 34.1 Å². The molecule has 0 aliphatic heterocycles. The lowest BCUT2D eigenvalue weighted by atomic mass is 9.97. The van der Waals surface area contributed by atoms with Gasteiger partial charge in [0.05, 0.1) is 21.3 Å². The van der Waals surface area contributed by atoms with Crippen LogP contribution in [-0.2, 0) is 6.42 Å². The highest BCUT2D eigenvalue weighted by molar-refractivity contribution is 5.92. The van der Waals surface area contributed by atoms with Crippen molar-refractivity contribution in [2.24, 2.45) is 5.92 Å². The Labute approximate surface area is 136 Å². The quantitative estimate of drug-likeness (QED) is 0.842. The molecule has 0 aliphatic rings. The summed E-state index contributed by atoms with van der Waals surface area (Å²) in [5.41, 5.74) is 1.81. The monoisotopic (exact) mass is 320 g/mol. The van der Waals surface area contributed by atoms with E-state index in [9.17, 15) is 4.79 Å². The number of hydrogen-bond acceptors (Lipinski definition) is 5. The predicted molar refractivity (Wildman–Crippen MR) is 90.2 cm³/mol. The Morgan fingerprint density at radius 2 is 1.52 bits per heavy atom.